The number of carbonyl (C=O) groups is 1. The Morgan fingerprint density at radius 2 is 2.00 bits per heavy atom. The number of hydrogen-bond acceptors (Lipinski definition) is 4. The van der Waals surface area contributed by atoms with E-state index in [0.717, 1.165) is 39.0 Å². The van der Waals surface area contributed by atoms with Crippen LogP contribution in [0.4, 0.5) is 0 Å². The summed E-state index contributed by atoms with van der Waals surface area (Å²) < 4.78 is 0. The van der Waals surface area contributed by atoms with Crippen molar-refractivity contribution < 1.29 is 4.79 Å². The van der Waals surface area contributed by atoms with Crippen molar-refractivity contribution >= 4 is 17.2 Å². The average molecular weight is 251 g/mol. The van der Waals surface area contributed by atoms with Crippen LogP contribution in [0.3, 0.4) is 0 Å². The first-order valence-corrected chi connectivity index (χ1v) is 7.15. The maximum atomic E-state index is 12.3. The summed E-state index contributed by atoms with van der Waals surface area (Å²) in [4.78, 5) is 20.1. The van der Waals surface area contributed by atoms with Gasteiger partial charge in [0.2, 0.25) is 0 Å². The van der Waals surface area contributed by atoms with Crippen LogP contribution >= 0.6 is 11.3 Å². The van der Waals surface area contributed by atoms with Crippen molar-refractivity contribution in [2.24, 2.45) is 0 Å². The Balaban J connectivity index is 1.78. The highest BCUT2D eigenvalue weighted by Crippen LogP contribution is 2.27. The van der Waals surface area contributed by atoms with Gasteiger partial charge in [-0.25, -0.2) is 4.98 Å². The number of rotatable bonds is 1. The SMILES string of the molecule is O=C(c1nc2c(s1)CCCC2)N1CCNCC1. The van der Waals surface area contributed by atoms with Crippen molar-refractivity contribution in [3.05, 3.63) is 15.6 Å². The van der Waals surface area contributed by atoms with E-state index in [9.17, 15) is 4.79 Å². The molecule has 1 aromatic heterocycles. The first kappa shape index (κ1) is 11.2. The van der Waals surface area contributed by atoms with E-state index in [4.69, 9.17) is 0 Å². The van der Waals surface area contributed by atoms with Crippen molar-refractivity contribution in [3.8, 4) is 0 Å². The van der Waals surface area contributed by atoms with Gasteiger partial charge in [0.05, 0.1) is 5.69 Å². The van der Waals surface area contributed by atoms with Gasteiger partial charge >= 0.3 is 0 Å². The van der Waals surface area contributed by atoms with Gasteiger partial charge in [-0.05, 0) is 25.7 Å². The van der Waals surface area contributed by atoms with E-state index in [1.165, 1.54) is 23.4 Å². The van der Waals surface area contributed by atoms with E-state index in [2.05, 4.69) is 10.3 Å². The quantitative estimate of drug-likeness (QED) is 0.812. The summed E-state index contributed by atoms with van der Waals surface area (Å²) in [5, 5.41) is 3.97. The van der Waals surface area contributed by atoms with Crippen molar-refractivity contribution in [2.75, 3.05) is 26.2 Å². The summed E-state index contributed by atoms with van der Waals surface area (Å²) in [7, 11) is 0. The van der Waals surface area contributed by atoms with E-state index in [1.807, 2.05) is 4.90 Å². The molecule has 2 heterocycles. The normalized spacial score (nSPS) is 20.1. The van der Waals surface area contributed by atoms with Gasteiger partial charge in [-0.3, -0.25) is 4.79 Å². The summed E-state index contributed by atoms with van der Waals surface area (Å²) in [6.45, 7) is 3.42. The second-order valence-corrected chi connectivity index (χ2v) is 5.72. The number of piperazine rings is 1. The maximum absolute atomic E-state index is 12.3. The average Bonchev–Trinajstić information content (AvgIpc) is 2.82. The minimum absolute atomic E-state index is 0.130. The zero-order chi connectivity index (χ0) is 11.7. The lowest BCUT2D eigenvalue weighted by atomic mass is 10.0. The summed E-state index contributed by atoms with van der Waals surface area (Å²) in [6, 6.07) is 0. The lowest BCUT2D eigenvalue weighted by molar-refractivity contribution is 0.0735. The van der Waals surface area contributed by atoms with E-state index in [1.54, 1.807) is 11.3 Å². The number of aromatic nitrogens is 1. The zero-order valence-electron chi connectivity index (χ0n) is 9.87. The Labute approximate surface area is 105 Å². The van der Waals surface area contributed by atoms with Gasteiger partial charge in [0.15, 0.2) is 5.01 Å². The lowest BCUT2D eigenvalue weighted by Crippen LogP contribution is -2.46. The highest BCUT2D eigenvalue weighted by atomic mass is 32.1. The molecule has 1 fully saturated rings. The molecule has 1 saturated heterocycles. The van der Waals surface area contributed by atoms with E-state index in [0.29, 0.717) is 5.01 Å². The van der Waals surface area contributed by atoms with Crippen LogP contribution in [-0.2, 0) is 12.8 Å². The summed E-state index contributed by atoms with van der Waals surface area (Å²) in [6.07, 6.45) is 4.64. The minimum Gasteiger partial charge on any atom is -0.334 e. The van der Waals surface area contributed by atoms with Gasteiger partial charge < -0.3 is 10.2 Å². The molecule has 1 aliphatic carbocycles. The van der Waals surface area contributed by atoms with Crippen LogP contribution in [0.25, 0.3) is 0 Å². The van der Waals surface area contributed by atoms with Crippen LogP contribution in [0.2, 0.25) is 0 Å². The highest BCUT2D eigenvalue weighted by Gasteiger charge is 2.23. The van der Waals surface area contributed by atoms with Gasteiger partial charge in [0.1, 0.15) is 0 Å². The smallest absolute Gasteiger partial charge is 0.282 e. The summed E-state index contributed by atoms with van der Waals surface area (Å²) >= 11 is 1.61. The third kappa shape index (κ3) is 2.21. The largest absolute Gasteiger partial charge is 0.334 e. The molecule has 1 aliphatic heterocycles. The van der Waals surface area contributed by atoms with Gasteiger partial charge in [0, 0.05) is 31.1 Å². The highest BCUT2D eigenvalue weighted by molar-refractivity contribution is 7.13. The maximum Gasteiger partial charge on any atom is 0.282 e. The topological polar surface area (TPSA) is 45.2 Å². The second-order valence-electron chi connectivity index (χ2n) is 4.64. The van der Waals surface area contributed by atoms with Crippen molar-refractivity contribution in [1.82, 2.24) is 15.2 Å². The molecule has 92 valence electrons. The van der Waals surface area contributed by atoms with E-state index < -0.39 is 0 Å². The molecule has 1 N–H and O–H groups in total. The first-order valence-electron chi connectivity index (χ1n) is 6.33. The number of aryl methyl sites for hydroxylation is 2. The van der Waals surface area contributed by atoms with Gasteiger partial charge in [0.25, 0.3) is 5.91 Å². The zero-order valence-corrected chi connectivity index (χ0v) is 10.7. The number of nitrogens with one attached hydrogen (secondary N) is 1. The minimum atomic E-state index is 0.130. The Morgan fingerprint density at radius 3 is 2.76 bits per heavy atom. The standard InChI is InChI=1S/C12H17N3OS/c16-12(15-7-5-13-6-8-15)11-14-9-3-1-2-4-10(9)17-11/h13H,1-8H2. The van der Waals surface area contributed by atoms with Gasteiger partial charge in [-0.1, -0.05) is 0 Å². The van der Waals surface area contributed by atoms with Crippen molar-refractivity contribution in [3.63, 3.8) is 0 Å². The van der Waals surface area contributed by atoms with Crippen molar-refractivity contribution in [1.29, 1.82) is 0 Å². The molecule has 3 rings (SSSR count). The van der Waals surface area contributed by atoms with Crippen LogP contribution in [0.1, 0.15) is 33.2 Å². The van der Waals surface area contributed by atoms with E-state index >= 15 is 0 Å². The first-order chi connectivity index (χ1) is 8.34. The molecule has 0 atom stereocenters. The fourth-order valence-electron chi connectivity index (χ4n) is 2.45. The van der Waals surface area contributed by atoms with E-state index in [-0.39, 0.29) is 5.91 Å². The van der Waals surface area contributed by atoms with Crippen LogP contribution in [0.15, 0.2) is 0 Å². The number of thiazole rings is 1. The van der Waals surface area contributed by atoms with Crippen molar-refractivity contribution in [2.45, 2.75) is 25.7 Å². The molecule has 0 aromatic carbocycles. The molecule has 4 nitrogen and oxygen atoms in total. The lowest BCUT2D eigenvalue weighted by Gasteiger charge is -2.26. The molecule has 1 aromatic rings. The molecule has 0 saturated carbocycles. The molecule has 0 spiro atoms. The van der Waals surface area contributed by atoms with Crippen LogP contribution in [0.5, 0.6) is 0 Å². The van der Waals surface area contributed by atoms with Crippen LogP contribution < -0.4 is 5.32 Å². The van der Waals surface area contributed by atoms with Gasteiger partial charge in [-0.15, -0.1) is 11.3 Å². The Kier molecular flexibility index (Phi) is 3.11. The Bertz CT molecular complexity index is 400. The second kappa shape index (κ2) is 4.74. The molecule has 1 amide bonds. The predicted octanol–water partition coefficient (Wildman–Crippen LogP) is 1.07. The van der Waals surface area contributed by atoms with Crippen LogP contribution in [-0.4, -0.2) is 42.0 Å². The number of carbonyl (C=O) groups excluding carboxylic acids is 1. The molecule has 0 unspecified atom stereocenters. The fourth-order valence-corrected chi connectivity index (χ4v) is 3.56. The molecule has 0 bridgehead atoms. The molecule has 17 heavy (non-hydrogen) atoms. The number of fused-ring (bicyclic) bond motifs is 1. The monoisotopic (exact) mass is 251 g/mol. The predicted molar refractivity (Wildman–Crippen MR) is 67.5 cm³/mol. The Morgan fingerprint density at radius 1 is 1.24 bits per heavy atom. The summed E-state index contributed by atoms with van der Waals surface area (Å²) in [5.74, 6) is 0.130. The molecule has 0 radical (unpaired) electrons. The summed E-state index contributed by atoms with van der Waals surface area (Å²) in [5.41, 5.74) is 1.18. The number of nitrogens with zero attached hydrogens (tertiary/aromatic N) is 2. The number of hydrogen-bond donors (Lipinski definition) is 1. The Hall–Kier alpha value is -0.940. The van der Waals surface area contributed by atoms with Crippen LogP contribution in [0, 0.1) is 0 Å². The van der Waals surface area contributed by atoms with Gasteiger partial charge in [-0.2, -0.15) is 0 Å². The third-order valence-corrected chi connectivity index (χ3v) is 4.58. The molecule has 5 heteroatoms. The fraction of sp³-hybridized carbons (Fsp3) is 0.667. The third-order valence-electron chi connectivity index (χ3n) is 3.43. The molecular weight excluding hydrogens is 234 g/mol. The molecular formula is C12H17N3OS. The molecule has 2 aliphatic rings. The number of amides is 1.